The summed E-state index contributed by atoms with van der Waals surface area (Å²) >= 11 is 0. The van der Waals surface area contributed by atoms with Gasteiger partial charge >= 0.3 is 0 Å². The van der Waals surface area contributed by atoms with Crippen LogP contribution in [0.3, 0.4) is 0 Å². The average Bonchev–Trinajstić information content (AvgIpc) is 3.04. The smallest absolute Gasteiger partial charge is 0.232 e. The Bertz CT molecular complexity index is 1160. The van der Waals surface area contributed by atoms with Gasteiger partial charge in [-0.25, -0.2) is 0 Å². The van der Waals surface area contributed by atoms with Crippen LogP contribution in [0, 0.1) is 20.8 Å². The highest BCUT2D eigenvalue weighted by Crippen LogP contribution is 2.38. The third-order valence-corrected chi connectivity index (χ3v) is 5.23. The lowest BCUT2D eigenvalue weighted by Crippen LogP contribution is -2.01. The van der Waals surface area contributed by atoms with Crippen LogP contribution in [0.25, 0.3) is 6.08 Å². The number of rotatable bonds is 5. The molecule has 0 saturated heterocycles. The number of methoxy groups -OCH3 is 1. The molecule has 1 heterocycles. The summed E-state index contributed by atoms with van der Waals surface area (Å²) in [4.78, 5) is 12.9. The van der Waals surface area contributed by atoms with Crippen LogP contribution in [0.1, 0.15) is 38.2 Å². The fraction of sp³-hybridized carbons (Fsp3) is 0.192. The normalized spacial score (nSPS) is 13.9. The lowest BCUT2D eigenvalue weighted by Gasteiger charge is -2.11. The van der Waals surface area contributed by atoms with Crippen molar-refractivity contribution in [2.24, 2.45) is 0 Å². The largest absolute Gasteiger partial charge is 0.497 e. The zero-order valence-electron chi connectivity index (χ0n) is 17.6. The number of aryl methyl sites for hydroxylation is 3. The first kappa shape index (κ1) is 19.8. The molecule has 0 spiro atoms. The summed E-state index contributed by atoms with van der Waals surface area (Å²) < 4.78 is 17.2. The van der Waals surface area contributed by atoms with E-state index < -0.39 is 0 Å². The minimum absolute atomic E-state index is 0.119. The Balaban J connectivity index is 1.57. The molecular weight excluding hydrogens is 376 g/mol. The number of hydrogen-bond donors (Lipinski definition) is 0. The first-order valence-corrected chi connectivity index (χ1v) is 9.86. The monoisotopic (exact) mass is 400 g/mol. The summed E-state index contributed by atoms with van der Waals surface area (Å²) in [6.45, 7) is 6.51. The van der Waals surface area contributed by atoms with E-state index in [1.54, 1.807) is 19.3 Å². The van der Waals surface area contributed by atoms with Crippen molar-refractivity contribution >= 4 is 11.9 Å². The molecule has 3 aromatic carbocycles. The highest BCUT2D eigenvalue weighted by atomic mass is 16.5. The van der Waals surface area contributed by atoms with Gasteiger partial charge in [0.15, 0.2) is 5.76 Å². The molecule has 4 nitrogen and oxygen atoms in total. The van der Waals surface area contributed by atoms with Gasteiger partial charge in [-0.15, -0.1) is 0 Å². The van der Waals surface area contributed by atoms with Crippen molar-refractivity contribution in [1.82, 2.24) is 0 Å². The van der Waals surface area contributed by atoms with Crippen LogP contribution in [-0.4, -0.2) is 12.9 Å². The third-order valence-electron chi connectivity index (χ3n) is 5.23. The molecule has 0 radical (unpaired) electrons. The number of carbonyl (C=O) groups is 1. The van der Waals surface area contributed by atoms with Gasteiger partial charge in [-0.3, -0.25) is 4.79 Å². The number of Topliss-reactive ketones (excluding diaryl/α,β-unsaturated/α-hetero) is 1. The molecule has 30 heavy (non-hydrogen) atoms. The Morgan fingerprint density at radius 3 is 2.57 bits per heavy atom. The van der Waals surface area contributed by atoms with E-state index in [1.165, 1.54) is 11.1 Å². The van der Waals surface area contributed by atoms with Gasteiger partial charge in [0.25, 0.3) is 0 Å². The van der Waals surface area contributed by atoms with E-state index >= 15 is 0 Å². The number of carbonyl (C=O) groups excluding carboxylic acids is 1. The maximum absolute atomic E-state index is 12.9. The zero-order valence-corrected chi connectivity index (χ0v) is 17.6. The first-order chi connectivity index (χ1) is 14.4. The second-order valence-electron chi connectivity index (χ2n) is 7.55. The van der Waals surface area contributed by atoms with Crippen LogP contribution in [0.15, 0.2) is 60.4 Å². The summed E-state index contributed by atoms with van der Waals surface area (Å²) in [5.74, 6) is 2.12. The number of ketones is 1. The lowest BCUT2D eigenvalue weighted by atomic mass is 10.0. The summed E-state index contributed by atoms with van der Waals surface area (Å²) in [7, 11) is 1.61. The molecule has 4 rings (SSSR count). The van der Waals surface area contributed by atoms with Crippen molar-refractivity contribution in [2.75, 3.05) is 7.11 Å². The van der Waals surface area contributed by atoms with Crippen LogP contribution in [-0.2, 0) is 6.61 Å². The van der Waals surface area contributed by atoms with Crippen LogP contribution in [0.5, 0.6) is 17.2 Å². The topological polar surface area (TPSA) is 44.8 Å². The van der Waals surface area contributed by atoms with Crippen molar-refractivity contribution in [3.8, 4) is 17.2 Å². The summed E-state index contributed by atoms with van der Waals surface area (Å²) in [6, 6.07) is 17.5. The summed E-state index contributed by atoms with van der Waals surface area (Å²) in [5, 5.41) is 0. The minimum Gasteiger partial charge on any atom is -0.497 e. The van der Waals surface area contributed by atoms with Gasteiger partial charge in [0.2, 0.25) is 5.78 Å². The molecule has 0 unspecified atom stereocenters. The van der Waals surface area contributed by atoms with Gasteiger partial charge in [0.1, 0.15) is 23.9 Å². The highest BCUT2D eigenvalue weighted by Gasteiger charge is 2.30. The average molecular weight is 400 g/mol. The fourth-order valence-corrected chi connectivity index (χ4v) is 3.56. The number of fused-ring (bicyclic) bond motifs is 1. The first-order valence-electron chi connectivity index (χ1n) is 9.86. The molecule has 0 bridgehead atoms. The second kappa shape index (κ2) is 8.07. The molecule has 3 aromatic rings. The summed E-state index contributed by atoms with van der Waals surface area (Å²) in [6.07, 6.45) is 1.74. The van der Waals surface area contributed by atoms with E-state index in [1.807, 2.05) is 37.3 Å². The van der Waals surface area contributed by atoms with Crippen LogP contribution >= 0.6 is 0 Å². The van der Waals surface area contributed by atoms with Gasteiger partial charge in [0.05, 0.1) is 12.7 Å². The van der Waals surface area contributed by atoms with Gasteiger partial charge in [-0.1, -0.05) is 35.9 Å². The zero-order chi connectivity index (χ0) is 21.3. The van der Waals surface area contributed by atoms with Crippen LogP contribution < -0.4 is 14.2 Å². The predicted octanol–water partition coefficient (Wildman–Crippen LogP) is 5.82. The Morgan fingerprint density at radius 1 is 0.933 bits per heavy atom. The summed E-state index contributed by atoms with van der Waals surface area (Å²) in [5.41, 5.74) is 5.79. The molecule has 1 aliphatic rings. The Morgan fingerprint density at radius 2 is 1.77 bits per heavy atom. The van der Waals surface area contributed by atoms with Crippen molar-refractivity contribution in [3.63, 3.8) is 0 Å². The standard InChI is InChI=1S/C26H24O4/c1-16-8-9-17(2)20(10-16)15-29-22-11-18(3)25-23(14-22)30-24(26(25)27)13-19-6-5-7-21(12-19)28-4/h5-14H,15H2,1-4H3/b24-13-. The molecular formula is C26H24O4. The van der Waals surface area contributed by atoms with E-state index in [2.05, 4.69) is 32.0 Å². The molecule has 0 amide bonds. The Hall–Kier alpha value is -3.53. The molecule has 0 atom stereocenters. The molecule has 0 fully saturated rings. The quantitative estimate of drug-likeness (QED) is 0.507. The van der Waals surface area contributed by atoms with Gasteiger partial charge < -0.3 is 14.2 Å². The van der Waals surface area contributed by atoms with Crippen molar-refractivity contribution < 1.29 is 19.0 Å². The van der Waals surface area contributed by atoms with Crippen molar-refractivity contribution in [1.29, 1.82) is 0 Å². The SMILES string of the molecule is COc1cccc(/C=C2\Oc3cc(OCc4cc(C)ccc4C)cc(C)c3C2=O)c1. The van der Waals surface area contributed by atoms with Crippen molar-refractivity contribution in [3.05, 3.63) is 93.7 Å². The van der Waals surface area contributed by atoms with E-state index in [-0.39, 0.29) is 5.78 Å². The maximum atomic E-state index is 12.9. The predicted molar refractivity (Wildman–Crippen MR) is 117 cm³/mol. The van der Waals surface area contributed by atoms with Gasteiger partial charge in [-0.2, -0.15) is 0 Å². The van der Waals surface area contributed by atoms with Crippen LogP contribution in [0.2, 0.25) is 0 Å². The van der Waals surface area contributed by atoms with Gasteiger partial charge in [0, 0.05) is 6.07 Å². The third kappa shape index (κ3) is 3.94. The Kier molecular flexibility index (Phi) is 5.32. The van der Waals surface area contributed by atoms with Crippen molar-refractivity contribution in [2.45, 2.75) is 27.4 Å². The maximum Gasteiger partial charge on any atom is 0.232 e. The second-order valence-corrected chi connectivity index (χ2v) is 7.55. The molecule has 0 aliphatic carbocycles. The van der Waals surface area contributed by atoms with E-state index in [9.17, 15) is 4.79 Å². The number of benzene rings is 3. The Labute approximate surface area is 176 Å². The number of allylic oxidation sites excluding steroid dienone is 1. The molecule has 1 aliphatic heterocycles. The lowest BCUT2D eigenvalue weighted by molar-refractivity contribution is 0.101. The fourth-order valence-electron chi connectivity index (χ4n) is 3.56. The van der Waals surface area contributed by atoms with Crippen LogP contribution in [0.4, 0.5) is 0 Å². The molecule has 4 heteroatoms. The molecule has 0 N–H and O–H groups in total. The number of hydrogen-bond acceptors (Lipinski definition) is 4. The van der Waals surface area contributed by atoms with E-state index in [0.29, 0.717) is 29.4 Å². The van der Waals surface area contributed by atoms with Gasteiger partial charge in [-0.05, 0) is 67.3 Å². The van der Waals surface area contributed by atoms with E-state index in [4.69, 9.17) is 14.2 Å². The highest BCUT2D eigenvalue weighted by molar-refractivity contribution is 6.15. The minimum atomic E-state index is -0.119. The molecule has 0 aromatic heterocycles. The molecule has 152 valence electrons. The molecule has 0 saturated carbocycles. The van der Waals surface area contributed by atoms with E-state index in [0.717, 1.165) is 22.4 Å². The number of ether oxygens (including phenoxy) is 3.